The van der Waals surface area contributed by atoms with Crippen LogP contribution in [0.1, 0.15) is 58.9 Å². The highest BCUT2D eigenvalue weighted by Gasteiger charge is 2.34. The summed E-state index contributed by atoms with van der Waals surface area (Å²) in [4.78, 5) is 12.7. The molecule has 1 heterocycles. The maximum absolute atomic E-state index is 12.7. The standard InChI is InChI=1S/C21H25NO2/c1-13-6-9-17-18(12-21(4,5)24-19(17)10-13)22-20(23)16-8-7-14(2)15(3)11-16/h6-11,18H,12H2,1-5H3,(H,22,23). The van der Waals surface area contributed by atoms with Crippen molar-refractivity contribution in [1.29, 1.82) is 0 Å². The van der Waals surface area contributed by atoms with E-state index in [0.717, 1.165) is 28.9 Å². The topological polar surface area (TPSA) is 38.3 Å². The summed E-state index contributed by atoms with van der Waals surface area (Å²) in [5.74, 6) is 0.837. The Balaban J connectivity index is 1.89. The van der Waals surface area contributed by atoms with Gasteiger partial charge < -0.3 is 10.1 Å². The lowest BCUT2D eigenvalue weighted by molar-refractivity contribution is 0.0619. The van der Waals surface area contributed by atoms with Crippen LogP contribution in [0.3, 0.4) is 0 Å². The Bertz CT molecular complexity index is 792. The van der Waals surface area contributed by atoms with Crippen LogP contribution >= 0.6 is 0 Å². The van der Waals surface area contributed by atoms with Gasteiger partial charge in [-0.2, -0.15) is 0 Å². The number of amides is 1. The van der Waals surface area contributed by atoms with Crippen molar-refractivity contribution in [3.63, 3.8) is 0 Å². The first-order valence-corrected chi connectivity index (χ1v) is 8.43. The molecule has 2 aromatic carbocycles. The molecule has 2 aromatic rings. The quantitative estimate of drug-likeness (QED) is 0.874. The first-order chi connectivity index (χ1) is 11.2. The summed E-state index contributed by atoms with van der Waals surface area (Å²) < 4.78 is 6.10. The molecule has 3 rings (SSSR count). The Hall–Kier alpha value is -2.29. The monoisotopic (exact) mass is 323 g/mol. The van der Waals surface area contributed by atoms with Gasteiger partial charge in [-0.25, -0.2) is 0 Å². The van der Waals surface area contributed by atoms with E-state index in [1.807, 2.05) is 38.1 Å². The number of ether oxygens (including phenoxy) is 1. The van der Waals surface area contributed by atoms with Gasteiger partial charge in [0.25, 0.3) is 5.91 Å². The second-order valence-electron chi connectivity index (χ2n) is 7.43. The van der Waals surface area contributed by atoms with E-state index in [-0.39, 0.29) is 17.6 Å². The van der Waals surface area contributed by atoms with Crippen LogP contribution < -0.4 is 10.1 Å². The van der Waals surface area contributed by atoms with Crippen LogP contribution in [0.2, 0.25) is 0 Å². The van der Waals surface area contributed by atoms with E-state index in [9.17, 15) is 4.79 Å². The number of carbonyl (C=O) groups is 1. The SMILES string of the molecule is Cc1ccc2c(c1)OC(C)(C)CC2NC(=O)c1ccc(C)c(C)c1. The van der Waals surface area contributed by atoms with Gasteiger partial charge in [0.15, 0.2) is 0 Å². The number of hydrogen-bond acceptors (Lipinski definition) is 2. The van der Waals surface area contributed by atoms with Gasteiger partial charge in [0, 0.05) is 17.5 Å². The summed E-state index contributed by atoms with van der Waals surface area (Å²) in [5.41, 5.74) is 4.94. The van der Waals surface area contributed by atoms with Crippen LogP contribution in [-0.2, 0) is 0 Å². The molecule has 0 radical (unpaired) electrons. The smallest absolute Gasteiger partial charge is 0.251 e. The van der Waals surface area contributed by atoms with Crippen LogP contribution in [0.4, 0.5) is 0 Å². The summed E-state index contributed by atoms with van der Waals surface area (Å²) in [6, 6.07) is 12.0. The zero-order chi connectivity index (χ0) is 17.5. The maximum atomic E-state index is 12.7. The molecule has 1 N–H and O–H groups in total. The van der Waals surface area contributed by atoms with Gasteiger partial charge >= 0.3 is 0 Å². The fourth-order valence-electron chi connectivity index (χ4n) is 3.21. The Morgan fingerprint density at radius 2 is 1.83 bits per heavy atom. The third-order valence-corrected chi connectivity index (χ3v) is 4.70. The van der Waals surface area contributed by atoms with Crippen LogP contribution in [0.25, 0.3) is 0 Å². The van der Waals surface area contributed by atoms with Crippen LogP contribution in [0, 0.1) is 20.8 Å². The van der Waals surface area contributed by atoms with Gasteiger partial charge in [-0.15, -0.1) is 0 Å². The normalized spacial score (nSPS) is 18.5. The van der Waals surface area contributed by atoms with E-state index in [1.165, 1.54) is 5.56 Å². The van der Waals surface area contributed by atoms with E-state index in [0.29, 0.717) is 5.56 Å². The molecule has 0 bridgehead atoms. The fourth-order valence-corrected chi connectivity index (χ4v) is 3.21. The molecule has 0 fully saturated rings. The fraction of sp³-hybridized carbons (Fsp3) is 0.381. The molecule has 0 spiro atoms. The van der Waals surface area contributed by atoms with Crippen molar-refractivity contribution < 1.29 is 9.53 Å². The number of fused-ring (bicyclic) bond motifs is 1. The van der Waals surface area contributed by atoms with Crippen molar-refractivity contribution in [2.24, 2.45) is 0 Å². The average molecular weight is 323 g/mol. The highest BCUT2D eigenvalue weighted by molar-refractivity contribution is 5.94. The van der Waals surface area contributed by atoms with Crippen molar-refractivity contribution in [1.82, 2.24) is 5.32 Å². The number of benzene rings is 2. The highest BCUT2D eigenvalue weighted by atomic mass is 16.5. The lowest BCUT2D eigenvalue weighted by Crippen LogP contribution is -2.41. The number of aryl methyl sites for hydroxylation is 3. The molecule has 3 nitrogen and oxygen atoms in total. The molecule has 1 atom stereocenters. The minimum absolute atomic E-state index is 0.0349. The predicted molar refractivity (Wildman–Crippen MR) is 96.6 cm³/mol. The van der Waals surface area contributed by atoms with Gasteiger partial charge in [0.2, 0.25) is 0 Å². The van der Waals surface area contributed by atoms with Crippen molar-refractivity contribution in [3.05, 3.63) is 64.2 Å². The first kappa shape index (κ1) is 16.6. The Kier molecular flexibility index (Phi) is 4.12. The van der Waals surface area contributed by atoms with Gasteiger partial charge in [-0.1, -0.05) is 18.2 Å². The van der Waals surface area contributed by atoms with E-state index < -0.39 is 0 Å². The van der Waals surface area contributed by atoms with Crippen LogP contribution in [-0.4, -0.2) is 11.5 Å². The van der Waals surface area contributed by atoms with Gasteiger partial charge in [-0.05, 0) is 69.5 Å². The van der Waals surface area contributed by atoms with E-state index in [1.54, 1.807) is 0 Å². The molecule has 1 amide bonds. The summed E-state index contributed by atoms with van der Waals surface area (Å²) >= 11 is 0. The molecule has 24 heavy (non-hydrogen) atoms. The van der Waals surface area contributed by atoms with Crippen molar-refractivity contribution in [2.45, 2.75) is 52.7 Å². The summed E-state index contributed by atoms with van der Waals surface area (Å²) in [7, 11) is 0. The molecule has 0 saturated heterocycles. The molecule has 3 heteroatoms. The van der Waals surface area contributed by atoms with Gasteiger partial charge in [0.1, 0.15) is 11.4 Å². The minimum atomic E-state index is -0.304. The van der Waals surface area contributed by atoms with Gasteiger partial charge in [-0.3, -0.25) is 4.79 Å². The third kappa shape index (κ3) is 3.30. The lowest BCUT2D eigenvalue weighted by Gasteiger charge is -2.38. The van der Waals surface area contributed by atoms with Gasteiger partial charge in [0.05, 0.1) is 6.04 Å². The van der Waals surface area contributed by atoms with Crippen LogP contribution in [0.5, 0.6) is 5.75 Å². The molecule has 1 unspecified atom stereocenters. The second-order valence-corrected chi connectivity index (χ2v) is 7.43. The van der Waals surface area contributed by atoms with E-state index >= 15 is 0 Å². The molecule has 126 valence electrons. The van der Waals surface area contributed by atoms with Crippen molar-refractivity contribution in [2.75, 3.05) is 0 Å². The third-order valence-electron chi connectivity index (χ3n) is 4.70. The largest absolute Gasteiger partial charge is 0.487 e. The lowest BCUT2D eigenvalue weighted by atomic mass is 9.89. The van der Waals surface area contributed by atoms with Crippen molar-refractivity contribution in [3.8, 4) is 5.75 Å². The molecular formula is C21H25NO2. The molecule has 0 aliphatic carbocycles. The zero-order valence-electron chi connectivity index (χ0n) is 15.1. The average Bonchev–Trinajstić information content (AvgIpc) is 2.48. The number of nitrogens with one attached hydrogen (secondary N) is 1. The first-order valence-electron chi connectivity index (χ1n) is 8.43. The summed E-state index contributed by atoms with van der Waals surface area (Å²) in [5, 5.41) is 3.19. The van der Waals surface area contributed by atoms with E-state index in [2.05, 4.69) is 38.2 Å². The van der Waals surface area contributed by atoms with Crippen molar-refractivity contribution >= 4 is 5.91 Å². The second kappa shape index (κ2) is 5.97. The van der Waals surface area contributed by atoms with E-state index in [4.69, 9.17) is 4.74 Å². The molecule has 1 aliphatic rings. The predicted octanol–water partition coefficient (Wildman–Crippen LogP) is 4.64. The number of carbonyl (C=O) groups excluding carboxylic acids is 1. The van der Waals surface area contributed by atoms with Crippen LogP contribution in [0.15, 0.2) is 36.4 Å². The maximum Gasteiger partial charge on any atom is 0.251 e. The molecular weight excluding hydrogens is 298 g/mol. The minimum Gasteiger partial charge on any atom is -0.487 e. The number of hydrogen-bond donors (Lipinski definition) is 1. The molecule has 0 saturated carbocycles. The summed E-state index contributed by atoms with van der Waals surface area (Å²) in [6.07, 6.45) is 0.750. The zero-order valence-corrected chi connectivity index (χ0v) is 15.1. The Morgan fingerprint density at radius 1 is 1.08 bits per heavy atom. The Morgan fingerprint density at radius 3 is 2.54 bits per heavy atom. The highest BCUT2D eigenvalue weighted by Crippen LogP contribution is 2.40. The molecule has 0 aromatic heterocycles. The molecule has 1 aliphatic heterocycles. The number of rotatable bonds is 2. The Labute approximate surface area is 144 Å². The summed E-state index contributed by atoms with van der Waals surface area (Å²) in [6.45, 7) is 10.3.